The van der Waals surface area contributed by atoms with Crippen LogP contribution in [0, 0.1) is 0 Å². The Hall–Kier alpha value is -1.72. The van der Waals surface area contributed by atoms with Gasteiger partial charge in [0, 0.05) is 24.3 Å². The van der Waals surface area contributed by atoms with E-state index in [1.807, 2.05) is 29.0 Å². The van der Waals surface area contributed by atoms with Gasteiger partial charge in [0.15, 0.2) is 0 Å². The Morgan fingerprint density at radius 2 is 2.20 bits per heavy atom. The third-order valence-electron chi connectivity index (χ3n) is 3.73. The van der Waals surface area contributed by atoms with E-state index in [0.29, 0.717) is 24.9 Å². The van der Waals surface area contributed by atoms with Crippen molar-refractivity contribution in [3.63, 3.8) is 0 Å². The number of hydrogen-bond acceptors (Lipinski definition) is 4. The highest BCUT2D eigenvalue weighted by atomic mass is 32.1. The fraction of sp³-hybridized carbons (Fsp3) is 0.333. The maximum Gasteiger partial charge on any atom is 0.255 e. The van der Waals surface area contributed by atoms with Crippen LogP contribution in [0.3, 0.4) is 0 Å². The quantitative estimate of drug-likeness (QED) is 0.939. The second-order valence-corrected chi connectivity index (χ2v) is 5.77. The molecule has 0 bridgehead atoms. The largest absolute Gasteiger partial charge is 0.391 e. The minimum Gasteiger partial charge on any atom is -0.391 e. The zero-order valence-electron chi connectivity index (χ0n) is 11.0. The van der Waals surface area contributed by atoms with Gasteiger partial charge in [-0.05, 0) is 42.0 Å². The highest BCUT2D eigenvalue weighted by Gasteiger charge is 2.36. The van der Waals surface area contributed by atoms with E-state index in [1.54, 1.807) is 17.3 Å². The van der Waals surface area contributed by atoms with Crippen molar-refractivity contribution in [2.75, 3.05) is 6.54 Å². The summed E-state index contributed by atoms with van der Waals surface area (Å²) in [6, 6.07) is 5.54. The molecule has 0 radical (unpaired) electrons. The van der Waals surface area contributed by atoms with E-state index in [9.17, 15) is 9.90 Å². The van der Waals surface area contributed by atoms with Crippen molar-refractivity contribution in [3.8, 4) is 0 Å². The topological polar surface area (TPSA) is 53.4 Å². The maximum absolute atomic E-state index is 12.5. The van der Waals surface area contributed by atoms with Gasteiger partial charge >= 0.3 is 0 Å². The van der Waals surface area contributed by atoms with Crippen LogP contribution in [-0.2, 0) is 6.42 Å². The summed E-state index contributed by atoms with van der Waals surface area (Å²) in [6.45, 7) is 0.617. The highest BCUT2D eigenvalue weighted by Crippen LogP contribution is 2.24. The number of rotatable bonds is 3. The Bertz CT molecular complexity index is 571. The van der Waals surface area contributed by atoms with Gasteiger partial charge in [0.25, 0.3) is 5.91 Å². The Balaban J connectivity index is 1.78. The molecular weight excluding hydrogens is 272 g/mol. The number of carbonyl (C=O) groups excluding carboxylic acids is 1. The van der Waals surface area contributed by atoms with Crippen LogP contribution in [0.15, 0.2) is 41.4 Å². The van der Waals surface area contributed by atoms with Crippen LogP contribution in [0.5, 0.6) is 0 Å². The van der Waals surface area contributed by atoms with Crippen molar-refractivity contribution in [1.29, 1.82) is 0 Å². The van der Waals surface area contributed by atoms with Crippen LogP contribution in [0.25, 0.3) is 0 Å². The van der Waals surface area contributed by atoms with E-state index < -0.39 is 6.10 Å². The molecule has 0 aromatic carbocycles. The Labute approximate surface area is 121 Å². The summed E-state index contributed by atoms with van der Waals surface area (Å²) in [5.74, 6) is 0.0156. The molecule has 1 N–H and O–H groups in total. The Morgan fingerprint density at radius 3 is 2.90 bits per heavy atom. The molecule has 2 aromatic heterocycles. The maximum atomic E-state index is 12.5. The van der Waals surface area contributed by atoms with Crippen molar-refractivity contribution in [2.45, 2.75) is 25.0 Å². The molecule has 0 spiro atoms. The van der Waals surface area contributed by atoms with Crippen LogP contribution < -0.4 is 0 Å². The van der Waals surface area contributed by atoms with Crippen molar-refractivity contribution in [3.05, 3.63) is 52.5 Å². The Morgan fingerprint density at radius 1 is 1.40 bits per heavy atom. The summed E-state index contributed by atoms with van der Waals surface area (Å²) in [5.41, 5.74) is 1.80. The molecular formula is C15H16N2O2S. The summed E-state index contributed by atoms with van der Waals surface area (Å²) in [4.78, 5) is 18.3. The zero-order chi connectivity index (χ0) is 13.9. The normalized spacial score (nSPS) is 22.1. The van der Waals surface area contributed by atoms with E-state index in [4.69, 9.17) is 0 Å². The van der Waals surface area contributed by atoms with Crippen molar-refractivity contribution < 1.29 is 9.90 Å². The Kier molecular flexibility index (Phi) is 3.80. The van der Waals surface area contributed by atoms with Crippen molar-refractivity contribution >= 4 is 17.2 Å². The summed E-state index contributed by atoms with van der Waals surface area (Å²) in [7, 11) is 0. The van der Waals surface area contributed by atoms with Gasteiger partial charge in [0.05, 0.1) is 17.7 Å². The van der Waals surface area contributed by atoms with E-state index in [0.717, 1.165) is 5.56 Å². The fourth-order valence-corrected chi connectivity index (χ4v) is 3.28. The lowest BCUT2D eigenvalue weighted by molar-refractivity contribution is 0.0640. The third kappa shape index (κ3) is 2.59. The second kappa shape index (κ2) is 5.73. The third-order valence-corrected chi connectivity index (χ3v) is 4.42. The lowest BCUT2D eigenvalue weighted by Crippen LogP contribution is -2.41. The first kappa shape index (κ1) is 13.3. The number of thiophene rings is 1. The molecule has 3 rings (SSSR count). The average Bonchev–Trinajstić information content (AvgIpc) is 3.11. The number of amides is 1. The number of aliphatic hydroxyl groups is 1. The molecule has 1 fully saturated rings. The summed E-state index contributed by atoms with van der Waals surface area (Å²) in [6.07, 6.45) is 4.33. The van der Waals surface area contributed by atoms with Gasteiger partial charge in [-0.25, -0.2) is 0 Å². The van der Waals surface area contributed by atoms with E-state index in [1.165, 1.54) is 11.3 Å². The molecule has 1 amide bonds. The smallest absolute Gasteiger partial charge is 0.255 e. The molecule has 1 saturated heterocycles. The average molecular weight is 288 g/mol. The first-order valence-corrected chi connectivity index (χ1v) is 7.60. The van der Waals surface area contributed by atoms with Crippen LogP contribution in [0.2, 0.25) is 0 Å². The van der Waals surface area contributed by atoms with E-state index >= 15 is 0 Å². The summed E-state index contributed by atoms with van der Waals surface area (Å²) >= 11 is 1.51. The summed E-state index contributed by atoms with van der Waals surface area (Å²) in [5, 5.41) is 13.9. The minimum absolute atomic E-state index is 0.0156. The van der Waals surface area contributed by atoms with Crippen LogP contribution >= 0.6 is 11.3 Å². The lowest BCUT2D eigenvalue weighted by Gasteiger charge is -2.26. The first-order valence-electron chi connectivity index (χ1n) is 6.66. The minimum atomic E-state index is -0.453. The predicted molar refractivity (Wildman–Crippen MR) is 77.7 cm³/mol. The number of hydrogen-bond donors (Lipinski definition) is 1. The highest BCUT2D eigenvalue weighted by molar-refractivity contribution is 7.08. The molecule has 3 heterocycles. The van der Waals surface area contributed by atoms with Gasteiger partial charge in [0.1, 0.15) is 0 Å². The number of aliphatic hydroxyl groups excluding tert-OH is 1. The monoisotopic (exact) mass is 288 g/mol. The van der Waals surface area contributed by atoms with E-state index in [-0.39, 0.29) is 11.9 Å². The number of aromatic nitrogens is 1. The number of nitrogens with zero attached hydrogens (tertiary/aromatic N) is 2. The van der Waals surface area contributed by atoms with Crippen LogP contribution in [0.1, 0.15) is 22.3 Å². The van der Waals surface area contributed by atoms with Gasteiger partial charge < -0.3 is 10.0 Å². The molecule has 0 aliphatic carbocycles. The SMILES string of the molecule is O=C(c1ccsc1)N1CC[C@@H](O)[C@H]1Cc1ccncc1. The number of carbonyl (C=O) groups is 1. The lowest BCUT2D eigenvalue weighted by atomic mass is 10.0. The molecule has 1 aliphatic rings. The van der Waals surface area contributed by atoms with E-state index in [2.05, 4.69) is 4.98 Å². The number of likely N-dealkylation sites (tertiary alicyclic amines) is 1. The van der Waals surface area contributed by atoms with Gasteiger partial charge in [-0.1, -0.05) is 0 Å². The van der Waals surface area contributed by atoms with Gasteiger partial charge in [0.2, 0.25) is 0 Å². The standard InChI is InChI=1S/C15H16N2O2S/c18-14-3-7-17(15(19)12-4-8-20-10-12)13(14)9-11-1-5-16-6-2-11/h1-2,4-6,8,10,13-14,18H,3,7,9H2/t13-,14-/m1/s1. The fourth-order valence-electron chi connectivity index (χ4n) is 2.65. The van der Waals surface area contributed by atoms with Gasteiger partial charge in [-0.15, -0.1) is 0 Å². The van der Waals surface area contributed by atoms with Gasteiger partial charge in [-0.3, -0.25) is 9.78 Å². The molecule has 104 valence electrons. The number of pyridine rings is 1. The van der Waals surface area contributed by atoms with Crippen molar-refractivity contribution in [1.82, 2.24) is 9.88 Å². The summed E-state index contributed by atoms with van der Waals surface area (Å²) < 4.78 is 0. The van der Waals surface area contributed by atoms with Gasteiger partial charge in [-0.2, -0.15) is 11.3 Å². The molecule has 1 aliphatic heterocycles. The molecule has 0 saturated carbocycles. The molecule has 4 nitrogen and oxygen atoms in total. The molecule has 5 heteroatoms. The van der Waals surface area contributed by atoms with Crippen LogP contribution in [-0.4, -0.2) is 39.6 Å². The first-order chi connectivity index (χ1) is 9.75. The molecule has 0 unspecified atom stereocenters. The van der Waals surface area contributed by atoms with Crippen molar-refractivity contribution in [2.24, 2.45) is 0 Å². The predicted octanol–water partition coefficient (Wildman–Crippen LogP) is 1.96. The second-order valence-electron chi connectivity index (χ2n) is 4.99. The molecule has 20 heavy (non-hydrogen) atoms. The van der Waals surface area contributed by atoms with Crippen LogP contribution in [0.4, 0.5) is 0 Å². The zero-order valence-corrected chi connectivity index (χ0v) is 11.8. The molecule has 2 atom stereocenters. The molecule has 2 aromatic rings.